The zero-order chi connectivity index (χ0) is 32.2. The van der Waals surface area contributed by atoms with E-state index in [9.17, 15) is 18.0 Å². The molecule has 0 bridgehead atoms. The average molecular weight is 649 g/mol. The summed E-state index contributed by atoms with van der Waals surface area (Å²) in [5.41, 5.74) is 5.22. The fraction of sp³-hybridized carbons (Fsp3) is 0.182. The van der Waals surface area contributed by atoms with Crippen LogP contribution in [0.2, 0.25) is 5.02 Å². The van der Waals surface area contributed by atoms with Gasteiger partial charge in [0.25, 0.3) is 21.8 Å². The minimum absolute atomic E-state index is 0.0170. The van der Waals surface area contributed by atoms with Gasteiger partial charge in [-0.2, -0.15) is 5.10 Å². The number of ether oxygens (including phenoxy) is 2. The summed E-state index contributed by atoms with van der Waals surface area (Å²) in [6, 6.07) is 27.4. The minimum atomic E-state index is -4.14. The number of carbonyl (C=O) groups is 2. The highest BCUT2D eigenvalue weighted by Crippen LogP contribution is 2.32. The first kappa shape index (κ1) is 33.0. The van der Waals surface area contributed by atoms with Gasteiger partial charge in [-0.05, 0) is 79.1 Å². The van der Waals surface area contributed by atoms with Crippen molar-refractivity contribution in [1.29, 1.82) is 0 Å². The summed E-state index contributed by atoms with van der Waals surface area (Å²) < 4.78 is 38.8. The van der Waals surface area contributed by atoms with Crippen molar-refractivity contribution in [1.82, 2.24) is 10.7 Å². The maximum Gasteiger partial charge on any atom is 0.264 e. The molecule has 2 N–H and O–H groups in total. The third-order valence-electron chi connectivity index (χ3n) is 6.55. The van der Waals surface area contributed by atoms with Gasteiger partial charge in [0.2, 0.25) is 0 Å². The van der Waals surface area contributed by atoms with Crippen molar-refractivity contribution in [2.45, 2.75) is 18.2 Å². The van der Waals surface area contributed by atoms with Crippen LogP contribution in [0.5, 0.6) is 11.5 Å². The van der Waals surface area contributed by atoms with Crippen molar-refractivity contribution in [2.24, 2.45) is 5.10 Å². The number of hydrogen-bond donors (Lipinski definition) is 2. The molecular weight excluding hydrogens is 616 g/mol. The SMILES string of the molecule is COc1ccc(N(CC(=O)N/N=C\c2ccc(OCC(=O)NCCc3ccccc3)cc2)S(=O)(=O)c2ccc(C)cc2)cc1Cl. The van der Waals surface area contributed by atoms with Crippen LogP contribution in [0, 0.1) is 6.92 Å². The Hall–Kier alpha value is -4.87. The molecule has 0 unspecified atom stereocenters. The lowest BCUT2D eigenvalue weighted by Crippen LogP contribution is -2.39. The molecule has 0 aliphatic carbocycles. The molecule has 0 saturated carbocycles. The lowest BCUT2D eigenvalue weighted by molar-refractivity contribution is -0.123. The van der Waals surface area contributed by atoms with Crippen LogP contribution in [0.3, 0.4) is 0 Å². The van der Waals surface area contributed by atoms with Gasteiger partial charge in [-0.25, -0.2) is 13.8 Å². The first-order valence-corrected chi connectivity index (χ1v) is 15.8. The van der Waals surface area contributed by atoms with Crippen LogP contribution < -0.4 is 24.5 Å². The Morgan fingerprint density at radius 3 is 2.31 bits per heavy atom. The van der Waals surface area contributed by atoms with E-state index in [2.05, 4.69) is 15.8 Å². The van der Waals surface area contributed by atoms with Gasteiger partial charge in [-0.3, -0.25) is 13.9 Å². The summed E-state index contributed by atoms with van der Waals surface area (Å²) in [6.45, 7) is 1.67. The number of nitrogens with zero attached hydrogens (tertiary/aromatic N) is 2. The molecule has 0 aliphatic rings. The minimum Gasteiger partial charge on any atom is -0.495 e. The number of rotatable bonds is 14. The van der Waals surface area contributed by atoms with Crippen molar-refractivity contribution in [3.05, 3.63) is 119 Å². The van der Waals surface area contributed by atoms with Gasteiger partial charge >= 0.3 is 0 Å². The second kappa shape index (κ2) is 15.7. The van der Waals surface area contributed by atoms with E-state index in [0.717, 1.165) is 21.9 Å². The van der Waals surface area contributed by atoms with Crippen LogP contribution in [-0.4, -0.2) is 53.3 Å². The molecule has 0 saturated heterocycles. The molecule has 4 aromatic rings. The third kappa shape index (κ3) is 9.56. The first-order chi connectivity index (χ1) is 21.7. The molecule has 2 amide bonds. The quantitative estimate of drug-likeness (QED) is 0.150. The van der Waals surface area contributed by atoms with Crippen LogP contribution in [-0.2, 0) is 26.0 Å². The highest BCUT2D eigenvalue weighted by molar-refractivity contribution is 7.92. The van der Waals surface area contributed by atoms with Crippen molar-refractivity contribution in [2.75, 3.05) is 31.1 Å². The van der Waals surface area contributed by atoms with Crippen molar-refractivity contribution in [3.8, 4) is 11.5 Å². The number of aryl methyl sites for hydroxylation is 1. The number of nitrogens with one attached hydrogen (secondary N) is 2. The fourth-order valence-corrected chi connectivity index (χ4v) is 5.81. The van der Waals surface area contributed by atoms with Gasteiger partial charge in [0.05, 0.1) is 28.9 Å². The molecule has 0 radical (unpaired) electrons. The molecule has 234 valence electrons. The molecule has 0 heterocycles. The van der Waals surface area contributed by atoms with E-state index in [-0.39, 0.29) is 28.1 Å². The monoisotopic (exact) mass is 648 g/mol. The Balaban J connectivity index is 1.33. The number of sulfonamides is 1. The molecule has 0 atom stereocenters. The predicted octanol–water partition coefficient (Wildman–Crippen LogP) is 4.74. The van der Waals surface area contributed by atoms with Crippen LogP contribution >= 0.6 is 11.6 Å². The molecule has 4 aromatic carbocycles. The van der Waals surface area contributed by atoms with Crippen molar-refractivity contribution < 1.29 is 27.5 Å². The molecule has 12 heteroatoms. The topological polar surface area (TPSA) is 126 Å². The molecular formula is C33H33ClN4O6S. The number of hydrazone groups is 1. The average Bonchev–Trinajstić information content (AvgIpc) is 3.04. The second-order valence-corrected chi connectivity index (χ2v) is 12.1. The Kier molecular flexibility index (Phi) is 11.5. The zero-order valence-corrected chi connectivity index (χ0v) is 26.3. The number of methoxy groups -OCH3 is 1. The first-order valence-electron chi connectivity index (χ1n) is 13.9. The predicted molar refractivity (Wildman–Crippen MR) is 175 cm³/mol. The van der Waals surface area contributed by atoms with E-state index in [1.54, 1.807) is 36.4 Å². The summed E-state index contributed by atoms with van der Waals surface area (Å²) in [5, 5.41) is 6.98. The van der Waals surface area contributed by atoms with Gasteiger partial charge in [-0.15, -0.1) is 0 Å². The van der Waals surface area contributed by atoms with Gasteiger partial charge < -0.3 is 14.8 Å². The largest absolute Gasteiger partial charge is 0.495 e. The number of hydrogen-bond acceptors (Lipinski definition) is 7. The number of halogens is 1. The van der Waals surface area contributed by atoms with E-state index in [1.807, 2.05) is 37.3 Å². The molecule has 45 heavy (non-hydrogen) atoms. The Labute approximate surface area is 267 Å². The fourth-order valence-electron chi connectivity index (χ4n) is 4.15. The maximum atomic E-state index is 13.6. The summed E-state index contributed by atoms with van der Waals surface area (Å²) in [5.74, 6) is -0.0492. The second-order valence-electron chi connectivity index (χ2n) is 9.88. The Bertz CT molecular complexity index is 1730. The Morgan fingerprint density at radius 1 is 0.933 bits per heavy atom. The van der Waals surface area contributed by atoms with E-state index in [4.69, 9.17) is 21.1 Å². The van der Waals surface area contributed by atoms with Crippen LogP contribution in [0.15, 0.2) is 107 Å². The normalized spacial score (nSPS) is 11.2. The summed E-state index contributed by atoms with van der Waals surface area (Å²) in [7, 11) is -2.69. The number of anilines is 1. The standard InChI is InChI=1S/C33H33ClN4O6S/c1-24-8-15-29(16-9-24)45(41,42)38(27-12-17-31(43-2)30(34)20-27)22-32(39)37-36-21-26-10-13-28(14-11-26)44-23-33(40)35-19-18-25-6-4-3-5-7-25/h3-17,20-21H,18-19,22-23H2,1-2H3,(H,35,40)(H,37,39)/b36-21-. The lowest BCUT2D eigenvalue weighted by Gasteiger charge is -2.24. The molecule has 10 nitrogen and oxygen atoms in total. The van der Waals surface area contributed by atoms with E-state index < -0.39 is 22.5 Å². The summed E-state index contributed by atoms with van der Waals surface area (Å²) in [6.07, 6.45) is 2.13. The van der Waals surface area contributed by atoms with Gasteiger partial charge in [0, 0.05) is 6.54 Å². The van der Waals surface area contributed by atoms with Crippen molar-refractivity contribution >= 4 is 45.3 Å². The molecule has 0 aromatic heterocycles. The highest BCUT2D eigenvalue weighted by Gasteiger charge is 2.28. The molecule has 0 fully saturated rings. The lowest BCUT2D eigenvalue weighted by atomic mass is 10.1. The number of benzene rings is 4. The molecule has 0 aliphatic heterocycles. The number of amides is 2. The van der Waals surface area contributed by atoms with Crippen LogP contribution in [0.4, 0.5) is 5.69 Å². The van der Waals surface area contributed by atoms with Gasteiger partial charge in [0.15, 0.2) is 6.61 Å². The van der Waals surface area contributed by atoms with Crippen LogP contribution in [0.1, 0.15) is 16.7 Å². The summed E-state index contributed by atoms with van der Waals surface area (Å²) in [4.78, 5) is 25.0. The highest BCUT2D eigenvalue weighted by atomic mass is 35.5. The maximum absolute atomic E-state index is 13.6. The summed E-state index contributed by atoms with van der Waals surface area (Å²) >= 11 is 6.27. The molecule has 4 rings (SSSR count). The third-order valence-corrected chi connectivity index (χ3v) is 8.63. The van der Waals surface area contributed by atoms with E-state index in [1.165, 1.54) is 43.7 Å². The number of carbonyl (C=O) groups excluding carboxylic acids is 2. The van der Waals surface area contributed by atoms with E-state index in [0.29, 0.717) is 23.6 Å². The van der Waals surface area contributed by atoms with Crippen molar-refractivity contribution in [3.63, 3.8) is 0 Å². The smallest absolute Gasteiger partial charge is 0.264 e. The van der Waals surface area contributed by atoms with Gasteiger partial charge in [0.1, 0.15) is 18.0 Å². The van der Waals surface area contributed by atoms with Gasteiger partial charge in [-0.1, -0.05) is 59.6 Å². The zero-order valence-electron chi connectivity index (χ0n) is 24.8. The van der Waals surface area contributed by atoms with Crippen LogP contribution in [0.25, 0.3) is 0 Å². The Morgan fingerprint density at radius 2 is 1.64 bits per heavy atom. The molecule has 0 spiro atoms. The van der Waals surface area contributed by atoms with E-state index >= 15 is 0 Å².